The fourth-order valence-electron chi connectivity index (χ4n) is 2.16. The molecule has 0 aliphatic carbocycles. The third kappa shape index (κ3) is 3.14. The van der Waals surface area contributed by atoms with E-state index in [-0.39, 0.29) is 5.41 Å². The van der Waals surface area contributed by atoms with Crippen molar-refractivity contribution in [3.63, 3.8) is 0 Å². The maximum Gasteiger partial charge on any atom is 0.141 e. The minimum Gasteiger partial charge on any atom is -0.495 e. The fourth-order valence-corrected chi connectivity index (χ4v) is 3.31. The summed E-state index contributed by atoms with van der Waals surface area (Å²) in [6.45, 7) is 6.72. The second-order valence-corrected chi connectivity index (χ2v) is 7.02. The molecule has 1 aromatic carbocycles. The summed E-state index contributed by atoms with van der Waals surface area (Å²) in [6, 6.07) is 7.05. The second kappa shape index (κ2) is 5.43. The molecule has 0 spiro atoms. The molecule has 0 bridgehead atoms. The van der Waals surface area contributed by atoms with Gasteiger partial charge in [0.05, 0.1) is 12.8 Å². The Kier molecular flexibility index (Phi) is 4.10. The van der Waals surface area contributed by atoms with E-state index >= 15 is 0 Å². The SMILES string of the molecule is COc1ccc(C(C)(C)C)cc1NC1CCSC1. The molecule has 1 aromatic rings. The molecule has 1 fully saturated rings. The lowest BCUT2D eigenvalue weighted by Gasteiger charge is -2.23. The summed E-state index contributed by atoms with van der Waals surface area (Å²) in [5.41, 5.74) is 2.65. The molecular formula is C15H23NOS. The van der Waals surface area contributed by atoms with Crippen molar-refractivity contribution in [2.45, 2.75) is 38.6 Å². The van der Waals surface area contributed by atoms with Gasteiger partial charge in [-0.1, -0.05) is 26.8 Å². The first kappa shape index (κ1) is 13.6. The minimum absolute atomic E-state index is 0.174. The summed E-state index contributed by atoms with van der Waals surface area (Å²) in [4.78, 5) is 0. The summed E-state index contributed by atoms with van der Waals surface area (Å²) >= 11 is 2.02. The standard InChI is InChI=1S/C15H23NOS/c1-15(2,3)11-5-6-14(17-4)13(9-11)16-12-7-8-18-10-12/h5-6,9,12,16H,7-8,10H2,1-4H3. The zero-order valence-corrected chi connectivity index (χ0v) is 12.6. The average Bonchev–Trinajstić information content (AvgIpc) is 2.80. The summed E-state index contributed by atoms with van der Waals surface area (Å²) < 4.78 is 5.45. The van der Waals surface area contributed by atoms with Crippen molar-refractivity contribution in [1.29, 1.82) is 0 Å². The van der Waals surface area contributed by atoms with Gasteiger partial charge in [0.2, 0.25) is 0 Å². The number of rotatable bonds is 3. The molecule has 2 rings (SSSR count). The van der Waals surface area contributed by atoms with Crippen LogP contribution in [-0.2, 0) is 5.41 Å². The lowest BCUT2D eigenvalue weighted by Crippen LogP contribution is -2.19. The predicted molar refractivity (Wildman–Crippen MR) is 81.0 cm³/mol. The van der Waals surface area contributed by atoms with E-state index in [2.05, 4.69) is 44.3 Å². The van der Waals surface area contributed by atoms with Gasteiger partial charge >= 0.3 is 0 Å². The number of hydrogen-bond acceptors (Lipinski definition) is 3. The Morgan fingerprint density at radius 3 is 2.67 bits per heavy atom. The van der Waals surface area contributed by atoms with Crippen molar-refractivity contribution >= 4 is 17.4 Å². The van der Waals surface area contributed by atoms with Gasteiger partial charge in [0.1, 0.15) is 5.75 Å². The van der Waals surface area contributed by atoms with Crippen LogP contribution in [0.4, 0.5) is 5.69 Å². The highest BCUT2D eigenvalue weighted by molar-refractivity contribution is 7.99. The van der Waals surface area contributed by atoms with Crippen LogP contribution in [0.25, 0.3) is 0 Å². The monoisotopic (exact) mass is 265 g/mol. The Bertz CT molecular complexity index is 405. The molecule has 3 heteroatoms. The van der Waals surface area contributed by atoms with Crippen LogP contribution in [0.5, 0.6) is 5.75 Å². The van der Waals surface area contributed by atoms with Crippen LogP contribution in [0.15, 0.2) is 18.2 Å². The minimum atomic E-state index is 0.174. The molecule has 1 aliphatic rings. The summed E-state index contributed by atoms with van der Waals surface area (Å²) in [6.07, 6.45) is 1.24. The van der Waals surface area contributed by atoms with Gasteiger partial charge < -0.3 is 10.1 Å². The molecule has 0 saturated carbocycles. The Labute approximate surface area is 114 Å². The third-order valence-electron chi connectivity index (χ3n) is 3.35. The number of ether oxygens (including phenoxy) is 1. The molecule has 2 nitrogen and oxygen atoms in total. The van der Waals surface area contributed by atoms with Gasteiger partial charge in [-0.3, -0.25) is 0 Å². The van der Waals surface area contributed by atoms with E-state index < -0.39 is 0 Å². The first-order chi connectivity index (χ1) is 8.50. The smallest absolute Gasteiger partial charge is 0.141 e. The van der Waals surface area contributed by atoms with Crippen LogP contribution < -0.4 is 10.1 Å². The summed E-state index contributed by atoms with van der Waals surface area (Å²) in [7, 11) is 1.74. The Morgan fingerprint density at radius 1 is 1.33 bits per heavy atom. The van der Waals surface area contributed by atoms with Crippen molar-refractivity contribution in [3.8, 4) is 5.75 Å². The Morgan fingerprint density at radius 2 is 2.11 bits per heavy atom. The molecule has 100 valence electrons. The van der Waals surface area contributed by atoms with Crippen molar-refractivity contribution in [3.05, 3.63) is 23.8 Å². The highest BCUT2D eigenvalue weighted by atomic mass is 32.2. The summed E-state index contributed by atoms with van der Waals surface area (Å²) in [5, 5.41) is 3.63. The van der Waals surface area contributed by atoms with Gasteiger partial charge in [-0.2, -0.15) is 11.8 Å². The normalized spacial score (nSPS) is 19.9. The number of hydrogen-bond donors (Lipinski definition) is 1. The number of thioether (sulfide) groups is 1. The fraction of sp³-hybridized carbons (Fsp3) is 0.600. The van der Waals surface area contributed by atoms with Gasteiger partial charge in [-0.25, -0.2) is 0 Å². The quantitative estimate of drug-likeness (QED) is 0.895. The average molecular weight is 265 g/mol. The summed E-state index contributed by atoms with van der Waals surface area (Å²) in [5.74, 6) is 3.40. The number of anilines is 1. The van der Waals surface area contributed by atoms with Gasteiger partial charge in [0, 0.05) is 11.8 Å². The van der Waals surface area contributed by atoms with Crippen LogP contribution in [0.2, 0.25) is 0 Å². The highest BCUT2D eigenvalue weighted by Crippen LogP contribution is 2.33. The number of methoxy groups -OCH3 is 1. The molecule has 18 heavy (non-hydrogen) atoms. The van der Waals surface area contributed by atoms with Crippen molar-refractivity contribution in [2.75, 3.05) is 23.9 Å². The van der Waals surface area contributed by atoms with E-state index in [9.17, 15) is 0 Å². The Hall–Kier alpha value is -0.830. The number of nitrogens with one attached hydrogen (secondary N) is 1. The molecule has 1 N–H and O–H groups in total. The van der Waals surface area contributed by atoms with E-state index in [1.807, 2.05) is 11.8 Å². The lowest BCUT2D eigenvalue weighted by molar-refractivity contribution is 0.415. The first-order valence-corrected chi connectivity index (χ1v) is 7.69. The molecule has 0 amide bonds. The van der Waals surface area contributed by atoms with Crippen LogP contribution in [0, 0.1) is 0 Å². The molecule has 1 saturated heterocycles. The van der Waals surface area contributed by atoms with E-state index in [0.29, 0.717) is 6.04 Å². The zero-order valence-electron chi connectivity index (χ0n) is 11.7. The third-order valence-corrected chi connectivity index (χ3v) is 4.52. The maximum absolute atomic E-state index is 5.45. The van der Waals surface area contributed by atoms with E-state index in [4.69, 9.17) is 4.74 Å². The topological polar surface area (TPSA) is 21.3 Å². The molecular weight excluding hydrogens is 242 g/mol. The largest absolute Gasteiger partial charge is 0.495 e. The first-order valence-electron chi connectivity index (χ1n) is 6.53. The lowest BCUT2D eigenvalue weighted by atomic mass is 9.86. The van der Waals surface area contributed by atoms with E-state index in [1.54, 1.807) is 7.11 Å². The zero-order chi connectivity index (χ0) is 13.2. The Balaban J connectivity index is 2.24. The molecule has 1 aliphatic heterocycles. The van der Waals surface area contributed by atoms with Crippen LogP contribution in [0.3, 0.4) is 0 Å². The molecule has 0 aromatic heterocycles. The number of benzene rings is 1. The van der Waals surface area contributed by atoms with E-state index in [1.165, 1.54) is 23.5 Å². The van der Waals surface area contributed by atoms with Crippen LogP contribution >= 0.6 is 11.8 Å². The molecule has 1 heterocycles. The molecule has 1 unspecified atom stereocenters. The van der Waals surface area contributed by atoms with Gasteiger partial charge in [0.25, 0.3) is 0 Å². The van der Waals surface area contributed by atoms with Crippen molar-refractivity contribution < 1.29 is 4.74 Å². The van der Waals surface area contributed by atoms with Crippen LogP contribution in [-0.4, -0.2) is 24.7 Å². The van der Waals surface area contributed by atoms with Gasteiger partial charge in [-0.05, 0) is 35.3 Å². The predicted octanol–water partition coefficient (Wildman–Crippen LogP) is 3.91. The van der Waals surface area contributed by atoms with E-state index in [0.717, 1.165) is 11.4 Å². The van der Waals surface area contributed by atoms with Crippen molar-refractivity contribution in [1.82, 2.24) is 0 Å². The molecule has 0 radical (unpaired) electrons. The second-order valence-electron chi connectivity index (χ2n) is 5.87. The van der Waals surface area contributed by atoms with Crippen molar-refractivity contribution in [2.24, 2.45) is 0 Å². The molecule has 1 atom stereocenters. The van der Waals surface area contributed by atoms with Gasteiger partial charge in [-0.15, -0.1) is 0 Å². The highest BCUT2D eigenvalue weighted by Gasteiger charge is 2.19. The van der Waals surface area contributed by atoms with Gasteiger partial charge in [0.15, 0.2) is 0 Å². The maximum atomic E-state index is 5.45. The van der Waals surface area contributed by atoms with Crippen LogP contribution in [0.1, 0.15) is 32.8 Å².